The average molecular weight is 252 g/mol. The lowest BCUT2D eigenvalue weighted by molar-refractivity contribution is 0.0699. The molecule has 4 heteroatoms. The molecule has 0 amide bonds. The van der Waals surface area contributed by atoms with Gasteiger partial charge in [-0.3, -0.25) is 0 Å². The summed E-state index contributed by atoms with van der Waals surface area (Å²) in [6, 6.07) is 3.92. The normalized spacial score (nSPS) is 11.1. The molecule has 0 atom stereocenters. The Morgan fingerprint density at radius 1 is 1.41 bits per heavy atom. The smallest absolute Gasteiger partial charge is 0.339 e. The third-order valence-electron chi connectivity index (χ3n) is 2.96. The SMILES string of the molecule is CCn1c(Cl)c(C(=O)O)c2cc(C)cc(C)c21. The van der Waals surface area contributed by atoms with Crippen molar-refractivity contribution in [2.75, 3.05) is 0 Å². The van der Waals surface area contributed by atoms with Gasteiger partial charge in [-0.05, 0) is 32.4 Å². The van der Waals surface area contributed by atoms with E-state index in [-0.39, 0.29) is 5.56 Å². The van der Waals surface area contributed by atoms with Gasteiger partial charge in [0, 0.05) is 11.9 Å². The molecule has 17 heavy (non-hydrogen) atoms. The number of carbonyl (C=O) groups is 1. The van der Waals surface area contributed by atoms with E-state index in [4.69, 9.17) is 11.6 Å². The molecule has 90 valence electrons. The Hall–Kier alpha value is -1.48. The van der Waals surface area contributed by atoms with Crippen molar-refractivity contribution in [3.8, 4) is 0 Å². The van der Waals surface area contributed by atoms with Gasteiger partial charge in [0.15, 0.2) is 0 Å². The molecule has 0 aliphatic heterocycles. The van der Waals surface area contributed by atoms with Crippen molar-refractivity contribution >= 4 is 28.5 Å². The molecule has 0 spiro atoms. The van der Waals surface area contributed by atoms with E-state index in [1.807, 2.05) is 37.5 Å². The first-order chi connectivity index (χ1) is 7.97. The maximum atomic E-state index is 11.3. The topological polar surface area (TPSA) is 42.2 Å². The molecule has 0 aliphatic carbocycles. The summed E-state index contributed by atoms with van der Waals surface area (Å²) in [5.74, 6) is -0.975. The Morgan fingerprint density at radius 3 is 2.59 bits per heavy atom. The van der Waals surface area contributed by atoms with Gasteiger partial charge in [-0.1, -0.05) is 23.2 Å². The summed E-state index contributed by atoms with van der Waals surface area (Å²) < 4.78 is 1.84. The molecule has 0 bridgehead atoms. The zero-order chi connectivity index (χ0) is 12.7. The summed E-state index contributed by atoms with van der Waals surface area (Å²) in [5.41, 5.74) is 3.22. The van der Waals surface area contributed by atoms with Crippen molar-refractivity contribution in [3.05, 3.63) is 34.0 Å². The highest BCUT2D eigenvalue weighted by molar-refractivity contribution is 6.35. The lowest BCUT2D eigenvalue weighted by Crippen LogP contribution is -1.98. The number of halogens is 1. The van der Waals surface area contributed by atoms with Crippen molar-refractivity contribution < 1.29 is 9.90 Å². The Bertz CT molecular complexity index is 614. The predicted molar refractivity (Wildman–Crippen MR) is 69.1 cm³/mol. The van der Waals surface area contributed by atoms with E-state index in [1.54, 1.807) is 0 Å². The first kappa shape index (κ1) is 12.0. The van der Waals surface area contributed by atoms with Crippen LogP contribution in [0.5, 0.6) is 0 Å². The zero-order valence-corrected chi connectivity index (χ0v) is 10.8. The van der Waals surface area contributed by atoms with Crippen molar-refractivity contribution in [1.29, 1.82) is 0 Å². The Balaban J connectivity index is 3.00. The fraction of sp³-hybridized carbons (Fsp3) is 0.308. The molecule has 0 saturated carbocycles. The van der Waals surface area contributed by atoms with E-state index in [0.29, 0.717) is 11.7 Å². The van der Waals surface area contributed by atoms with E-state index in [1.165, 1.54) is 0 Å². The number of nitrogens with zero attached hydrogens (tertiary/aromatic N) is 1. The average Bonchev–Trinajstić information content (AvgIpc) is 2.49. The van der Waals surface area contributed by atoms with Gasteiger partial charge in [-0.15, -0.1) is 0 Å². The Kier molecular flexibility index (Phi) is 2.87. The fourth-order valence-corrected chi connectivity index (χ4v) is 2.74. The molecule has 0 unspecified atom stereocenters. The van der Waals surface area contributed by atoms with Crippen molar-refractivity contribution in [3.63, 3.8) is 0 Å². The summed E-state index contributed by atoms with van der Waals surface area (Å²) in [6.07, 6.45) is 0. The van der Waals surface area contributed by atoms with E-state index in [0.717, 1.165) is 22.0 Å². The fourth-order valence-electron chi connectivity index (χ4n) is 2.35. The number of hydrogen-bond acceptors (Lipinski definition) is 1. The molecule has 3 nitrogen and oxygen atoms in total. The summed E-state index contributed by atoms with van der Waals surface area (Å²) in [5, 5.41) is 10.3. The second-order valence-electron chi connectivity index (χ2n) is 4.19. The number of aryl methyl sites for hydroxylation is 3. The predicted octanol–water partition coefficient (Wildman–Crippen LogP) is 3.63. The van der Waals surface area contributed by atoms with Crippen LogP contribution in [0.1, 0.15) is 28.4 Å². The van der Waals surface area contributed by atoms with E-state index >= 15 is 0 Å². The number of carboxylic acids is 1. The molecule has 0 aliphatic rings. The Labute approximate surface area is 105 Å². The number of benzene rings is 1. The molecular formula is C13H14ClNO2. The first-order valence-electron chi connectivity index (χ1n) is 5.49. The highest BCUT2D eigenvalue weighted by Gasteiger charge is 2.21. The number of rotatable bonds is 2. The zero-order valence-electron chi connectivity index (χ0n) is 10.0. The largest absolute Gasteiger partial charge is 0.478 e. The summed E-state index contributed by atoms with van der Waals surface area (Å²) in [7, 11) is 0. The maximum absolute atomic E-state index is 11.3. The maximum Gasteiger partial charge on any atom is 0.339 e. The van der Waals surface area contributed by atoms with Crippen LogP contribution < -0.4 is 0 Å². The third kappa shape index (κ3) is 1.71. The minimum atomic E-state index is -0.975. The second-order valence-corrected chi connectivity index (χ2v) is 4.55. The molecule has 2 aromatic rings. The van der Waals surface area contributed by atoms with Crippen LogP contribution in [0.2, 0.25) is 5.15 Å². The van der Waals surface area contributed by atoms with Gasteiger partial charge < -0.3 is 9.67 Å². The quantitative estimate of drug-likeness (QED) is 0.886. The van der Waals surface area contributed by atoms with Crippen LogP contribution in [0, 0.1) is 13.8 Å². The molecule has 1 aromatic carbocycles. The minimum absolute atomic E-state index is 0.204. The standard InChI is InChI=1S/C13H14ClNO2/c1-4-15-11-8(3)5-7(2)6-9(11)10(12(15)14)13(16)17/h5-6H,4H2,1-3H3,(H,16,17). The highest BCUT2D eigenvalue weighted by atomic mass is 35.5. The van der Waals surface area contributed by atoms with Crippen molar-refractivity contribution in [2.45, 2.75) is 27.3 Å². The number of hydrogen-bond donors (Lipinski definition) is 1. The van der Waals surface area contributed by atoms with Crippen molar-refractivity contribution in [1.82, 2.24) is 4.57 Å². The van der Waals surface area contributed by atoms with Crippen LogP contribution in [0.4, 0.5) is 0 Å². The van der Waals surface area contributed by atoms with Crippen LogP contribution in [0.3, 0.4) is 0 Å². The van der Waals surface area contributed by atoms with Crippen LogP contribution >= 0.6 is 11.6 Å². The van der Waals surface area contributed by atoms with E-state index in [2.05, 4.69) is 0 Å². The highest BCUT2D eigenvalue weighted by Crippen LogP contribution is 2.32. The van der Waals surface area contributed by atoms with Gasteiger partial charge in [-0.2, -0.15) is 0 Å². The molecule has 0 fully saturated rings. The van der Waals surface area contributed by atoms with Crippen LogP contribution in [0.25, 0.3) is 10.9 Å². The molecule has 1 heterocycles. The van der Waals surface area contributed by atoms with Crippen LogP contribution in [-0.4, -0.2) is 15.6 Å². The Morgan fingerprint density at radius 2 is 2.06 bits per heavy atom. The van der Waals surface area contributed by atoms with Gasteiger partial charge in [0.05, 0.1) is 5.52 Å². The summed E-state index contributed by atoms with van der Waals surface area (Å²) in [6.45, 7) is 6.54. The molecule has 1 aromatic heterocycles. The number of aromatic carboxylic acids is 1. The molecule has 2 rings (SSSR count). The van der Waals surface area contributed by atoms with Gasteiger partial charge in [0.25, 0.3) is 0 Å². The van der Waals surface area contributed by atoms with Gasteiger partial charge in [-0.25, -0.2) is 4.79 Å². The molecule has 0 radical (unpaired) electrons. The lowest BCUT2D eigenvalue weighted by Gasteiger charge is -2.05. The van der Waals surface area contributed by atoms with E-state index < -0.39 is 5.97 Å². The van der Waals surface area contributed by atoms with Gasteiger partial charge in [0.2, 0.25) is 0 Å². The van der Waals surface area contributed by atoms with E-state index in [9.17, 15) is 9.90 Å². The number of aromatic nitrogens is 1. The molecule has 1 N–H and O–H groups in total. The van der Waals surface area contributed by atoms with Crippen LogP contribution in [-0.2, 0) is 6.54 Å². The van der Waals surface area contributed by atoms with Crippen molar-refractivity contribution in [2.24, 2.45) is 0 Å². The second kappa shape index (κ2) is 4.08. The summed E-state index contributed by atoms with van der Waals surface area (Å²) >= 11 is 6.15. The van der Waals surface area contributed by atoms with Gasteiger partial charge in [0.1, 0.15) is 10.7 Å². The molecule has 0 saturated heterocycles. The molecular weight excluding hydrogens is 238 g/mol. The monoisotopic (exact) mass is 251 g/mol. The summed E-state index contributed by atoms with van der Waals surface area (Å²) in [4.78, 5) is 11.3. The minimum Gasteiger partial charge on any atom is -0.478 e. The first-order valence-corrected chi connectivity index (χ1v) is 5.87. The van der Waals surface area contributed by atoms with Crippen LogP contribution in [0.15, 0.2) is 12.1 Å². The number of carboxylic acid groups (broad SMARTS) is 1. The lowest BCUT2D eigenvalue weighted by atomic mass is 10.1. The van der Waals surface area contributed by atoms with Gasteiger partial charge >= 0.3 is 5.97 Å². The number of fused-ring (bicyclic) bond motifs is 1. The third-order valence-corrected chi connectivity index (χ3v) is 3.35.